The molecule has 5 heteroatoms. The maximum absolute atomic E-state index is 10.3. The van der Waals surface area contributed by atoms with Gasteiger partial charge in [0.05, 0.1) is 11.1 Å². The maximum atomic E-state index is 10.3. The molecule has 2 aromatic rings. The SMILES string of the molecule is O=C(O)c1cc[c]([AlH2])cc1.O=C(O)c1ccccc1. The van der Waals surface area contributed by atoms with Gasteiger partial charge in [-0.25, -0.2) is 9.59 Å². The lowest BCUT2D eigenvalue weighted by atomic mass is 10.2. The van der Waals surface area contributed by atoms with E-state index in [4.69, 9.17) is 10.2 Å². The third-order valence-electron chi connectivity index (χ3n) is 2.32. The van der Waals surface area contributed by atoms with Crippen LogP contribution >= 0.6 is 0 Å². The zero-order valence-corrected chi connectivity index (χ0v) is 12.4. The summed E-state index contributed by atoms with van der Waals surface area (Å²) in [4.78, 5) is 20.5. The van der Waals surface area contributed by atoms with Crippen molar-refractivity contribution < 1.29 is 19.8 Å². The van der Waals surface area contributed by atoms with Gasteiger partial charge in [-0.2, -0.15) is 0 Å². The highest BCUT2D eigenvalue weighted by Gasteiger charge is 1.98. The lowest BCUT2D eigenvalue weighted by Gasteiger charge is -1.93. The highest BCUT2D eigenvalue weighted by Crippen LogP contribution is 1.96. The zero-order chi connectivity index (χ0) is 14.3. The molecule has 0 unspecified atom stereocenters. The van der Waals surface area contributed by atoms with Crippen LogP contribution in [0.3, 0.4) is 0 Å². The molecule has 0 aromatic heterocycles. The molecule has 4 nitrogen and oxygen atoms in total. The van der Waals surface area contributed by atoms with Crippen LogP contribution in [0.1, 0.15) is 20.7 Å². The Labute approximate surface area is 118 Å². The van der Waals surface area contributed by atoms with E-state index >= 15 is 0 Å². The smallest absolute Gasteiger partial charge is 0.335 e. The summed E-state index contributed by atoms with van der Waals surface area (Å²) in [7, 11) is 0. The average Bonchev–Trinajstić information content (AvgIpc) is 2.41. The monoisotopic (exact) mass is 272 g/mol. The number of hydrogen-bond acceptors (Lipinski definition) is 2. The summed E-state index contributed by atoms with van der Waals surface area (Å²) in [6, 6.07) is 15.2. The van der Waals surface area contributed by atoms with Gasteiger partial charge in [0.25, 0.3) is 16.3 Å². The Bertz CT molecular complexity index is 549. The van der Waals surface area contributed by atoms with E-state index in [1.807, 2.05) is 12.1 Å². The largest absolute Gasteiger partial charge is 0.478 e. The van der Waals surface area contributed by atoms with Crippen molar-refractivity contribution in [1.29, 1.82) is 0 Å². The van der Waals surface area contributed by atoms with Crippen LogP contribution in [-0.4, -0.2) is 38.4 Å². The second kappa shape index (κ2) is 7.37. The fraction of sp³-hybridized carbons (Fsp3) is 0. The van der Waals surface area contributed by atoms with Crippen LogP contribution in [0.25, 0.3) is 0 Å². The quantitative estimate of drug-likeness (QED) is 0.801. The number of aromatic carboxylic acids is 2. The van der Waals surface area contributed by atoms with Crippen LogP contribution in [0.15, 0.2) is 54.6 Å². The first kappa shape index (κ1) is 15.0. The summed E-state index contributed by atoms with van der Waals surface area (Å²) in [6.45, 7) is 0. The van der Waals surface area contributed by atoms with Crippen molar-refractivity contribution >= 4 is 32.7 Å². The molecule has 2 aromatic carbocycles. The lowest BCUT2D eigenvalue weighted by Crippen LogP contribution is -2.03. The normalized spacial score (nSPS) is 9.05. The number of carbonyl (C=O) groups is 2. The highest BCUT2D eigenvalue weighted by molar-refractivity contribution is 6.32. The van der Waals surface area contributed by atoms with Crippen LogP contribution in [-0.2, 0) is 0 Å². The maximum Gasteiger partial charge on any atom is 0.335 e. The molecule has 2 N–H and O–H groups in total. The standard InChI is InChI=1S/C7H6O2.C7H5O2.Al.2H/c2*8-7(9)6-4-2-1-3-5-6;;;/h1-5H,(H,8,9);2-5H,(H,8,9);;;. The highest BCUT2D eigenvalue weighted by atomic mass is 27.0. The van der Waals surface area contributed by atoms with Crippen molar-refractivity contribution in [2.75, 3.05) is 0 Å². The molecule has 0 aliphatic rings. The summed E-state index contributed by atoms with van der Waals surface area (Å²) in [5, 5.41) is 16.9. The van der Waals surface area contributed by atoms with Crippen LogP contribution < -0.4 is 4.43 Å². The summed E-state index contributed by atoms with van der Waals surface area (Å²) >= 11 is 0.975. The molecule has 0 amide bonds. The number of benzene rings is 2. The molecule has 0 spiro atoms. The molecule has 96 valence electrons. The Morgan fingerprint density at radius 2 is 1.16 bits per heavy atom. The van der Waals surface area contributed by atoms with E-state index in [9.17, 15) is 9.59 Å². The fourth-order valence-corrected chi connectivity index (χ4v) is 1.61. The molecular weight excluding hydrogens is 259 g/mol. The van der Waals surface area contributed by atoms with Crippen LogP contribution in [0, 0.1) is 0 Å². The Kier molecular flexibility index (Phi) is 5.81. The molecule has 0 bridgehead atoms. The second-order valence-corrected chi connectivity index (χ2v) is 5.00. The predicted octanol–water partition coefficient (Wildman–Crippen LogP) is 1.03. The minimum atomic E-state index is -0.879. The third-order valence-corrected chi connectivity index (χ3v) is 2.99. The number of rotatable bonds is 2. The molecule has 0 heterocycles. The van der Waals surface area contributed by atoms with E-state index in [2.05, 4.69) is 0 Å². The molecule has 0 fully saturated rings. The van der Waals surface area contributed by atoms with Gasteiger partial charge in [0.1, 0.15) is 0 Å². The first-order valence-corrected chi connectivity index (χ1v) is 6.59. The molecule has 0 aliphatic heterocycles. The van der Waals surface area contributed by atoms with E-state index in [1.165, 1.54) is 4.43 Å². The van der Waals surface area contributed by atoms with Gasteiger partial charge in [0, 0.05) is 0 Å². The molecule has 0 atom stereocenters. The molecule has 0 saturated carbocycles. The van der Waals surface area contributed by atoms with Crippen LogP contribution in [0.4, 0.5) is 0 Å². The molecule has 0 aliphatic carbocycles. The van der Waals surface area contributed by atoms with Gasteiger partial charge in [-0.3, -0.25) is 0 Å². The number of carboxylic acids is 2. The Hall–Kier alpha value is -2.09. The van der Waals surface area contributed by atoms with E-state index in [1.54, 1.807) is 42.5 Å². The van der Waals surface area contributed by atoms with E-state index in [-0.39, 0.29) is 0 Å². The van der Waals surface area contributed by atoms with Crippen molar-refractivity contribution in [3.8, 4) is 0 Å². The predicted molar refractivity (Wildman–Crippen MR) is 75.0 cm³/mol. The topological polar surface area (TPSA) is 74.6 Å². The van der Waals surface area contributed by atoms with Crippen molar-refractivity contribution in [2.24, 2.45) is 0 Å². The van der Waals surface area contributed by atoms with E-state index < -0.39 is 11.9 Å². The van der Waals surface area contributed by atoms with E-state index in [0.717, 1.165) is 16.3 Å². The van der Waals surface area contributed by atoms with Gasteiger partial charge in [-0.1, -0.05) is 30.3 Å². The average molecular weight is 272 g/mol. The van der Waals surface area contributed by atoms with Gasteiger partial charge in [-0.15, -0.1) is 4.43 Å². The van der Waals surface area contributed by atoms with Crippen molar-refractivity contribution in [3.63, 3.8) is 0 Å². The lowest BCUT2D eigenvalue weighted by molar-refractivity contribution is 0.0686. The number of hydrogen-bond donors (Lipinski definition) is 2. The van der Waals surface area contributed by atoms with Gasteiger partial charge >= 0.3 is 11.9 Å². The first-order valence-electron chi connectivity index (χ1n) is 5.59. The summed E-state index contributed by atoms with van der Waals surface area (Å²) in [5.74, 6) is -1.74. The van der Waals surface area contributed by atoms with Gasteiger partial charge in [-0.05, 0) is 24.3 Å². The molecule has 19 heavy (non-hydrogen) atoms. The fourth-order valence-electron chi connectivity index (χ4n) is 1.28. The minimum absolute atomic E-state index is 0.331. The van der Waals surface area contributed by atoms with Crippen molar-refractivity contribution in [2.45, 2.75) is 0 Å². The first-order chi connectivity index (χ1) is 9.00. The molecule has 0 radical (unpaired) electrons. The van der Waals surface area contributed by atoms with Gasteiger partial charge < -0.3 is 10.2 Å². The number of carboxylic acid groups (broad SMARTS) is 2. The zero-order valence-electron chi connectivity index (χ0n) is 10.4. The Morgan fingerprint density at radius 3 is 1.53 bits per heavy atom. The molecule has 0 saturated heterocycles. The van der Waals surface area contributed by atoms with Gasteiger partial charge in [0.15, 0.2) is 0 Å². The van der Waals surface area contributed by atoms with Crippen LogP contribution in [0.2, 0.25) is 0 Å². The van der Waals surface area contributed by atoms with Crippen molar-refractivity contribution in [3.05, 3.63) is 65.7 Å². The van der Waals surface area contributed by atoms with Crippen LogP contribution in [0.5, 0.6) is 0 Å². The Morgan fingerprint density at radius 1 is 0.737 bits per heavy atom. The minimum Gasteiger partial charge on any atom is -0.478 e. The summed E-state index contributed by atoms with van der Waals surface area (Å²) in [6.07, 6.45) is 0. The van der Waals surface area contributed by atoms with E-state index in [0.29, 0.717) is 11.1 Å². The molecule has 2 rings (SSSR count). The summed E-state index contributed by atoms with van der Waals surface area (Å²) in [5.41, 5.74) is 0.692. The summed E-state index contributed by atoms with van der Waals surface area (Å²) < 4.78 is 1.21. The third kappa shape index (κ3) is 5.39. The Balaban J connectivity index is 0.000000191. The van der Waals surface area contributed by atoms with Gasteiger partial charge in [0.2, 0.25) is 0 Å². The second-order valence-electron chi connectivity index (χ2n) is 3.84. The van der Waals surface area contributed by atoms with Crippen molar-refractivity contribution in [1.82, 2.24) is 0 Å². The molecular formula is C14H13AlO4.